The average molecular weight is 284 g/mol. The predicted molar refractivity (Wildman–Crippen MR) is 78.2 cm³/mol. The fourth-order valence-corrected chi connectivity index (χ4v) is 2.66. The molecule has 4 heteroatoms. The molecule has 1 aromatic rings. The lowest BCUT2D eigenvalue weighted by atomic mass is 10.1. The summed E-state index contributed by atoms with van der Waals surface area (Å²) in [5, 5.41) is 4.08. The van der Waals surface area contributed by atoms with Crippen molar-refractivity contribution in [3.8, 4) is 11.5 Å². The topological polar surface area (TPSA) is 30.5 Å². The van der Waals surface area contributed by atoms with E-state index in [0.29, 0.717) is 16.5 Å². The Labute approximate surface area is 120 Å². The van der Waals surface area contributed by atoms with Gasteiger partial charge in [-0.3, -0.25) is 0 Å². The van der Waals surface area contributed by atoms with Gasteiger partial charge in [0.1, 0.15) is 0 Å². The van der Waals surface area contributed by atoms with Gasteiger partial charge in [-0.05, 0) is 48.9 Å². The van der Waals surface area contributed by atoms with Crippen LogP contribution in [0.5, 0.6) is 11.5 Å². The maximum absolute atomic E-state index is 6.18. The zero-order valence-electron chi connectivity index (χ0n) is 11.8. The number of hydrogen-bond donors (Lipinski definition) is 1. The maximum atomic E-state index is 6.18. The van der Waals surface area contributed by atoms with Crippen LogP contribution in [0.2, 0.25) is 5.02 Å². The van der Waals surface area contributed by atoms with Crippen LogP contribution in [0.15, 0.2) is 12.1 Å². The van der Waals surface area contributed by atoms with E-state index in [9.17, 15) is 0 Å². The van der Waals surface area contributed by atoms with Gasteiger partial charge in [0, 0.05) is 6.54 Å². The molecule has 1 N–H and O–H groups in total. The molecule has 1 fully saturated rings. The van der Waals surface area contributed by atoms with Gasteiger partial charge in [-0.15, -0.1) is 0 Å². The molecule has 0 aliphatic heterocycles. The van der Waals surface area contributed by atoms with E-state index in [1.54, 1.807) is 14.2 Å². The minimum absolute atomic E-state index is 0.592. The standard InChI is InChI=1S/C15H22ClNO2/c1-10(12-4-5-12)8-17-9-11-6-13(16)15(19-3)14(7-11)18-2/h6-7,10,12,17H,4-5,8-9H2,1-3H3. The Morgan fingerprint density at radius 2 is 2.05 bits per heavy atom. The molecule has 106 valence electrons. The second kappa shape index (κ2) is 6.49. The number of hydrogen-bond acceptors (Lipinski definition) is 3. The van der Waals surface area contributed by atoms with Crippen molar-refractivity contribution in [2.24, 2.45) is 11.8 Å². The zero-order chi connectivity index (χ0) is 13.8. The third-order valence-electron chi connectivity index (χ3n) is 3.72. The third-order valence-corrected chi connectivity index (χ3v) is 4.00. The molecule has 0 amide bonds. The van der Waals surface area contributed by atoms with Crippen LogP contribution in [0.25, 0.3) is 0 Å². The smallest absolute Gasteiger partial charge is 0.179 e. The Morgan fingerprint density at radius 1 is 1.32 bits per heavy atom. The highest BCUT2D eigenvalue weighted by Gasteiger charge is 2.27. The van der Waals surface area contributed by atoms with E-state index < -0.39 is 0 Å². The van der Waals surface area contributed by atoms with Gasteiger partial charge in [0.05, 0.1) is 19.2 Å². The Hall–Kier alpha value is -0.930. The molecular formula is C15H22ClNO2. The molecule has 0 bridgehead atoms. The molecule has 2 rings (SSSR count). The zero-order valence-corrected chi connectivity index (χ0v) is 12.6. The minimum atomic E-state index is 0.592. The number of nitrogens with one attached hydrogen (secondary N) is 1. The Balaban J connectivity index is 1.94. The number of benzene rings is 1. The molecule has 0 spiro atoms. The SMILES string of the molecule is COc1cc(CNCC(C)C2CC2)cc(Cl)c1OC. The monoisotopic (exact) mass is 283 g/mol. The van der Waals surface area contributed by atoms with Crippen molar-refractivity contribution in [3.05, 3.63) is 22.7 Å². The van der Waals surface area contributed by atoms with Gasteiger partial charge >= 0.3 is 0 Å². The first-order valence-electron chi connectivity index (χ1n) is 6.76. The van der Waals surface area contributed by atoms with Gasteiger partial charge in [0.25, 0.3) is 0 Å². The van der Waals surface area contributed by atoms with E-state index in [1.165, 1.54) is 12.8 Å². The Bertz CT molecular complexity index is 432. The lowest BCUT2D eigenvalue weighted by molar-refractivity contribution is 0.354. The lowest BCUT2D eigenvalue weighted by Crippen LogP contribution is -2.21. The molecule has 1 saturated carbocycles. The summed E-state index contributed by atoms with van der Waals surface area (Å²) in [6, 6.07) is 3.90. The largest absolute Gasteiger partial charge is 0.493 e. The van der Waals surface area contributed by atoms with E-state index in [2.05, 4.69) is 12.2 Å². The number of methoxy groups -OCH3 is 2. The summed E-state index contributed by atoms with van der Waals surface area (Å²) in [5.74, 6) is 2.97. The van der Waals surface area contributed by atoms with Crippen LogP contribution in [0.3, 0.4) is 0 Å². The molecule has 0 aromatic heterocycles. The van der Waals surface area contributed by atoms with Crippen molar-refractivity contribution in [1.82, 2.24) is 5.32 Å². The summed E-state index contributed by atoms with van der Waals surface area (Å²) in [7, 11) is 3.22. The van der Waals surface area contributed by atoms with E-state index in [0.717, 1.165) is 30.5 Å². The summed E-state index contributed by atoms with van der Waals surface area (Å²) >= 11 is 6.18. The highest BCUT2D eigenvalue weighted by Crippen LogP contribution is 2.37. The molecule has 3 nitrogen and oxygen atoms in total. The van der Waals surface area contributed by atoms with Crippen molar-refractivity contribution in [1.29, 1.82) is 0 Å². The van der Waals surface area contributed by atoms with E-state index >= 15 is 0 Å². The maximum Gasteiger partial charge on any atom is 0.179 e. The quantitative estimate of drug-likeness (QED) is 0.831. The van der Waals surface area contributed by atoms with Crippen LogP contribution in [-0.2, 0) is 6.54 Å². The van der Waals surface area contributed by atoms with Crippen molar-refractivity contribution < 1.29 is 9.47 Å². The fraction of sp³-hybridized carbons (Fsp3) is 0.600. The van der Waals surface area contributed by atoms with Crippen molar-refractivity contribution in [2.45, 2.75) is 26.3 Å². The van der Waals surface area contributed by atoms with Gasteiger partial charge in [-0.2, -0.15) is 0 Å². The molecule has 0 saturated heterocycles. The number of halogens is 1. The van der Waals surface area contributed by atoms with Gasteiger partial charge in [-0.1, -0.05) is 18.5 Å². The molecule has 0 heterocycles. The van der Waals surface area contributed by atoms with Gasteiger partial charge in [0.2, 0.25) is 0 Å². The van der Waals surface area contributed by atoms with Crippen molar-refractivity contribution in [3.63, 3.8) is 0 Å². The van der Waals surface area contributed by atoms with E-state index in [1.807, 2.05) is 12.1 Å². The Kier molecular flexibility index (Phi) is 4.94. The summed E-state index contributed by atoms with van der Waals surface area (Å²) in [4.78, 5) is 0. The van der Waals surface area contributed by atoms with Crippen LogP contribution in [-0.4, -0.2) is 20.8 Å². The molecule has 1 aromatic carbocycles. The second-order valence-corrected chi connectivity index (χ2v) is 5.67. The Morgan fingerprint density at radius 3 is 2.63 bits per heavy atom. The molecule has 1 unspecified atom stereocenters. The molecule has 1 aliphatic carbocycles. The van der Waals surface area contributed by atoms with Gasteiger partial charge < -0.3 is 14.8 Å². The summed E-state index contributed by atoms with van der Waals surface area (Å²) in [5.41, 5.74) is 1.12. The van der Waals surface area contributed by atoms with E-state index in [4.69, 9.17) is 21.1 Å². The molecule has 1 aliphatic rings. The lowest BCUT2D eigenvalue weighted by Gasteiger charge is -2.14. The first-order valence-corrected chi connectivity index (χ1v) is 7.14. The van der Waals surface area contributed by atoms with Gasteiger partial charge in [-0.25, -0.2) is 0 Å². The highest BCUT2D eigenvalue weighted by atomic mass is 35.5. The first kappa shape index (κ1) is 14.5. The summed E-state index contributed by atoms with van der Waals surface area (Å²) in [6.07, 6.45) is 2.79. The fourth-order valence-electron chi connectivity index (χ4n) is 2.35. The van der Waals surface area contributed by atoms with Gasteiger partial charge in [0.15, 0.2) is 11.5 Å². The van der Waals surface area contributed by atoms with E-state index in [-0.39, 0.29) is 0 Å². The number of rotatable bonds is 7. The first-order chi connectivity index (χ1) is 9.15. The van der Waals surface area contributed by atoms with Crippen LogP contribution in [0.4, 0.5) is 0 Å². The molecule has 0 radical (unpaired) electrons. The van der Waals surface area contributed by atoms with Crippen LogP contribution in [0, 0.1) is 11.8 Å². The highest BCUT2D eigenvalue weighted by molar-refractivity contribution is 6.32. The molecule has 1 atom stereocenters. The van der Waals surface area contributed by atoms with Crippen LogP contribution < -0.4 is 14.8 Å². The summed E-state index contributed by atoms with van der Waals surface area (Å²) in [6.45, 7) is 4.17. The minimum Gasteiger partial charge on any atom is -0.493 e. The van der Waals surface area contributed by atoms with Crippen molar-refractivity contribution >= 4 is 11.6 Å². The third kappa shape index (κ3) is 3.77. The average Bonchev–Trinajstić information content (AvgIpc) is 3.22. The second-order valence-electron chi connectivity index (χ2n) is 5.26. The molecule has 19 heavy (non-hydrogen) atoms. The number of ether oxygens (including phenoxy) is 2. The molecular weight excluding hydrogens is 262 g/mol. The van der Waals surface area contributed by atoms with Crippen LogP contribution >= 0.6 is 11.6 Å². The van der Waals surface area contributed by atoms with Crippen LogP contribution in [0.1, 0.15) is 25.3 Å². The normalized spacial score (nSPS) is 16.2. The van der Waals surface area contributed by atoms with Crippen molar-refractivity contribution in [2.75, 3.05) is 20.8 Å². The predicted octanol–water partition coefficient (Wildman–Crippen LogP) is 3.49. The summed E-state index contributed by atoms with van der Waals surface area (Å²) < 4.78 is 10.5.